The van der Waals surface area contributed by atoms with E-state index >= 15 is 0 Å². The Labute approximate surface area is 120 Å². The van der Waals surface area contributed by atoms with Crippen LogP contribution in [0.5, 0.6) is 0 Å². The Bertz CT molecular complexity index is 679. The molecule has 2 fully saturated rings. The van der Waals surface area contributed by atoms with E-state index < -0.39 is 0 Å². The highest BCUT2D eigenvalue weighted by Crippen LogP contribution is 2.74. The van der Waals surface area contributed by atoms with Gasteiger partial charge in [0.2, 0.25) is 0 Å². The largest absolute Gasteiger partial charge is 0.376 e. The Morgan fingerprint density at radius 1 is 1.20 bits per heavy atom. The first-order chi connectivity index (χ1) is 9.52. The van der Waals surface area contributed by atoms with Gasteiger partial charge in [0.25, 0.3) is 0 Å². The standard InChI is InChI=1S/C18H19NO/c1-17(2)15-12-7-5-4-6-11(12)13(8-19)14-9-20-10-18(17,3)16(14)15/h4-7,15-16H,9-10H2,1-3H3/t15-,16+,18+/m0/s1. The molecule has 0 amide bonds. The van der Waals surface area contributed by atoms with Crippen molar-refractivity contribution in [1.29, 1.82) is 5.26 Å². The van der Waals surface area contributed by atoms with Crippen molar-refractivity contribution in [2.45, 2.75) is 26.7 Å². The van der Waals surface area contributed by atoms with Gasteiger partial charge in [0.05, 0.1) is 24.9 Å². The number of ether oxygens (including phenoxy) is 1. The van der Waals surface area contributed by atoms with Crippen LogP contribution < -0.4 is 0 Å². The van der Waals surface area contributed by atoms with E-state index in [0.29, 0.717) is 18.4 Å². The van der Waals surface area contributed by atoms with Gasteiger partial charge in [0.1, 0.15) is 0 Å². The second kappa shape index (κ2) is 3.54. The van der Waals surface area contributed by atoms with Crippen LogP contribution >= 0.6 is 0 Å². The summed E-state index contributed by atoms with van der Waals surface area (Å²) < 4.78 is 5.87. The summed E-state index contributed by atoms with van der Waals surface area (Å²) in [6, 6.07) is 10.9. The Kier molecular flexibility index (Phi) is 2.15. The van der Waals surface area contributed by atoms with E-state index in [1.807, 2.05) is 6.07 Å². The fourth-order valence-corrected chi connectivity index (χ4v) is 4.87. The monoisotopic (exact) mass is 265 g/mol. The summed E-state index contributed by atoms with van der Waals surface area (Å²) in [6.45, 7) is 8.48. The first-order valence-electron chi connectivity index (χ1n) is 7.32. The molecule has 1 aromatic rings. The molecular weight excluding hydrogens is 246 g/mol. The van der Waals surface area contributed by atoms with Gasteiger partial charge < -0.3 is 4.74 Å². The first kappa shape index (κ1) is 12.2. The van der Waals surface area contributed by atoms with Crippen molar-refractivity contribution in [3.8, 4) is 6.07 Å². The molecule has 1 heterocycles. The molecular formula is C18H19NO. The highest BCUT2D eigenvalue weighted by Gasteiger charge is 2.68. The van der Waals surface area contributed by atoms with Crippen LogP contribution in [0.2, 0.25) is 0 Å². The Balaban J connectivity index is 2.03. The quantitative estimate of drug-likeness (QED) is 0.715. The highest BCUT2D eigenvalue weighted by molar-refractivity contribution is 5.85. The molecule has 102 valence electrons. The molecule has 1 aliphatic heterocycles. The molecule has 3 atom stereocenters. The van der Waals surface area contributed by atoms with Gasteiger partial charge in [-0.1, -0.05) is 45.0 Å². The van der Waals surface area contributed by atoms with Crippen molar-refractivity contribution >= 4 is 5.57 Å². The number of allylic oxidation sites excluding steroid dienone is 1. The second-order valence-corrected chi connectivity index (χ2v) is 7.19. The van der Waals surface area contributed by atoms with Crippen molar-refractivity contribution in [2.24, 2.45) is 16.7 Å². The fourth-order valence-electron chi connectivity index (χ4n) is 4.87. The number of benzene rings is 1. The minimum Gasteiger partial charge on any atom is -0.376 e. The van der Waals surface area contributed by atoms with Crippen molar-refractivity contribution in [3.05, 3.63) is 41.0 Å². The average molecular weight is 265 g/mol. The van der Waals surface area contributed by atoms with E-state index in [1.54, 1.807) is 0 Å². The van der Waals surface area contributed by atoms with Gasteiger partial charge in [-0.05, 0) is 34.0 Å². The zero-order chi connectivity index (χ0) is 14.1. The summed E-state index contributed by atoms with van der Waals surface area (Å²) in [5, 5.41) is 9.63. The molecule has 3 aliphatic rings. The lowest BCUT2D eigenvalue weighted by molar-refractivity contribution is -0.185. The average Bonchev–Trinajstić information content (AvgIpc) is 2.45. The molecule has 1 saturated heterocycles. The summed E-state index contributed by atoms with van der Waals surface area (Å²) in [4.78, 5) is 0. The summed E-state index contributed by atoms with van der Waals surface area (Å²) >= 11 is 0. The fraction of sp³-hybridized carbons (Fsp3) is 0.500. The zero-order valence-corrected chi connectivity index (χ0v) is 12.2. The van der Waals surface area contributed by atoms with Gasteiger partial charge in [-0.3, -0.25) is 0 Å². The Hall–Kier alpha value is -1.59. The van der Waals surface area contributed by atoms with Crippen LogP contribution in [0, 0.1) is 28.1 Å². The van der Waals surface area contributed by atoms with Crippen LogP contribution in [0.1, 0.15) is 37.8 Å². The summed E-state index contributed by atoms with van der Waals surface area (Å²) in [7, 11) is 0. The smallest absolute Gasteiger partial charge is 0.0998 e. The van der Waals surface area contributed by atoms with Crippen LogP contribution in [0.25, 0.3) is 5.57 Å². The molecule has 2 aliphatic carbocycles. The predicted molar refractivity (Wildman–Crippen MR) is 77.9 cm³/mol. The third kappa shape index (κ3) is 1.10. The van der Waals surface area contributed by atoms with E-state index in [-0.39, 0.29) is 10.8 Å². The molecule has 20 heavy (non-hydrogen) atoms. The van der Waals surface area contributed by atoms with Crippen molar-refractivity contribution in [1.82, 2.24) is 0 Å². The van der Waals surface area contributed by atoms with Gasteiger partial charge in [-0.25, -0.2) is 0 Å². The lowest BCUT2D eigenvalue weighted by Gasteiger charge is -2.70. The van der Waals surface area contributed by atoms with Crippen molar-refractivity contribution in [2.75, 3.05) is 13.2 Å². The van der Waals surface area contributed by atoms with E-state index in [1.165, 1.54) is 11.1 Å². The maximum atomic E-state index is 9.63. The maximum Gasteiger partial charge on any atom is 0.0998 e. The lowest BCUT2D eigenvalue weighted by atomic mass is 9.35. The Morgan fingerprint density at radius 3 is 2.70 bits per heavy atom. The Morgan fingerprint density at radius 2 is 1.95 bits per heavy atom. The topological polar surface area (TPSA) is 33.0 Å². The molecule has 1 aromatic carbocycles. The van der Waals surface area contributed by atoms with Gasteiger partial charge >= 0.3 is 0 Å². The summed E-state index contributed by atoms with van der Waals surface area (Å²) in [5.74, 6) is 1.01. The molecule has 0 unspecified atom stereocenters. The van der Waals surface area contributed by atoms with Crippen LogP contribution in [-0.2, 0) is 4.74 Å². The normalized spacial score (nSPS) is 36.5. The van der Waals surface area contributed by atoms with E-state index in [0.717, 1.165) is 17.7 Å². The van der Waals surface area contributed by atoms with Gasteiger partial charge in [-0.2, -0.15) is 5.26 Å². The molecule has 2 nitrogen and oxygen atoms in total. The van der Waals surface area contributed by atoms with Crippen LogP contribution in [-0.4, -0.2) is 13.2 Å². The molecule has 1 saturated carbocycles. The van der Waals surface area contributed by atoms with Crippen LogP contribution in [0.3, 0.4) is 0 Å². The number of rotatable bonds is 0. The predicted octanol–water partition coefficient (Wildman–Crippen LogP) is 3.75. The summed E-state index contributed by atoms with van der Waals surface area (Å²) in [6.07, 6.45) is 0. The highest BCUT2D eigenvalue weighted by atomic mass is 16.5. The second-order valence-electron chi connectivity index (χ2n) is 7.19. The van der Waals surface area contributed by atoms with Gasteiger partial charge in [0, 0.05) is 5.41 Å². The number of hydrogen-bond acceptors (Lipinski definition) is 2. The summed E-state index contributed by atoms with van der Waals surface area (Å²) in [5.41, 5.74) is 4.96. The minimum atomic E-state index is 0.154. The molecule has 0 aromatic heterocycles. The molecule has 0 bridgehead atoms. The first-order valence-corrected chi connectivity index (χ1v) is 7.32. The number of fused-ring (bicyclic) bond motifs is 2. The van der Waals surface area contributed by atoms with Gasteiger partial charge in [-0.15, -0.1) is 0 Å². The molecule has 0 N–H and O–H groups in total. The molecule has 0 spiro atoms. The van der Waals surface area contributed by atoms with E-state index in [4.69, 9.17) is 4.74 Å². The van der Waals surface area contributed by atoms with Gasteiger partial charge in [0.15, 0.2) is 0 Å². The van der Waals surface area contributed by atoms with Crippen LogP contribution in [0.4, 0.5) is 0 Å². The lowest BCUT2D eigenvalue weighted by Crippen LogP contribution is -2.65. The maximum absolute atomic E-state index is 9.63. The minimum absolute atomic E-state index is 0.154. The SMILES string of the molecule is CC1(C)[C@H]2c3ccccc3C(C#N)=C3COC[C@]1(C)[C@H]32. The third-order valence-corrected chi connectivity index (χ3v) is 6.30. The zero-order valence-electron chi connectivity index (χ0n) is 12.2. The van der Waals surface area contributed by atoms with Crippen LogP contribution in [0.15, 0.2) is 29.8 Å². The number of nitriles is 1. The van der Waals surface area contributed by atoms with Crippen molar-refractivity contribution in [3.63, 3.8) is 0 Å². The third-order valence-electron chi connectivity index (χ3n) is 6.30. The van der Waals surface area contributed by atoms with E-state index in [2.05, 4.69) is 45.0 Å². The van der Waals surface area contributed by atoms with E-state index in [9.17, 15) is 5.26 Å². The number of nitrogens with zero attached hydrogens (tertiary/aromatic N) is 1. The number of hydrogen-bond donors (Lipinski definition) is 0. The molecule has 4 rings (SSSR count). The van der Waals surface area contributed by atoms with Crippen molar-refractivity contribution < 1.29 is 4.74 Å². The molecule has 2 heteroatoms. The molecule has 0 radical (unpaired) electrons.